The Morgan fingerprint density at radius 1 is 0.913 bits per heavy atom. The molecule has 23 nitrogen and oxygen atoms in total. The minimum absolute atomic E-state index is 0.0574. The number of aromatic nitrogens is 8. The summed E-state index contributed by atoms with van der Waals surface area (Å²) in [6.45, 7) is -0.396. The molecule has 1 aliphatic heterocycles. The molecule has 2 unspecified atom stereocenters. The lowest BCUT2D eigenvalue weighted by molar-refractivity contribution is -0.0503. The van der Waals surface area contributed by atoms with E-state index < -0.39 is 53.5 Å². The van der Waals surface area contributed by atoms with E-state index in [1.54, 1.807) is 0 Å². The number of ether oxygens (including phenoxy) is 2. The number of phosphoric acid groups is 2. The monoisotopic (exact) mass is 730 g/mol. The van der Waals surface area contributed by atoms with Gasteiger partial charge in [0.05, 0.1) is 19.5 Å². The van der Waals surface area contributed by atoms with Crippen LogP contribution in [0.15, 0.2) is 19.0 Å². The number of phosphoric ester groups is 1. The summed E-state index contributed by atoms with van der Waals surface area (Å²) in [5.74, 6) is 0.440. The number of nitrogen functional groups attached to an aromatic ring is 2. The summed E-state index contributed by atoms with van der Waals surface area (Å²) < 4.78 is 49.4. The van der Waals surface area contributed by atoms with Gasteiger partial charge >= 0.3 is 22.4 Å². The quantitative estimate of drug-likeness (QED) is 0.0885. The lowest BCUT2D eigenvalue weighted by atomic mass is 10.1. The Morgan fingerprint density at radius 2 is 1.54 bits per heavy atom. The molecular weight excluding hydrogens is 701 g/mol. The van der Waals surface area contributed by atoms with E-state index in [1.165, 1.54) is 17.2 Å². The standard InChI is InChI=1S/C10H16N5O12P3S.C9H13N5O/c11-8-5-9(13-2-12-8)15(3-14-5)10-7(17)6(16)4(25-10)1-24-28(18,19)26-29(20,21)27-30(22,23)31;1-3-14-8-6(7(10)11-5-12-8)13-9(14)15-4-2/h2-4,6-7,10,16-17H,1H2,(H,18,19)(H,20,21)(H2,11,12,13)(H2,22,23,31);5H,3-4H2,1-2H3,(H2,10,11,12)/t4-,6-,7-,10-;/m1./s1. The van der Waals surface area contributed by atoms with Crippen molar-refractivity contribution in [3.8, 4) is 6.01 Å². The van der Waals surface area contributed by atoms with E-state index in [9.17, 15) is 29.1 Å². The third-order valence-corrected chi connectivity index (χ3v) is 10.3. The summed E-state index contributed by atoms with van der Waals surface area (Å²) in [6.07, 6.45) is -2.09. The van der Waals surface area contributed by atoms with Crippen molar-refractivity contribution in [1.29, 1.82) is 0 Å². The molecule has 0 aromatic carbocycles. The van der Waals surface area contributed by atoms with Gasteiger partial charge in [0, 0.05) is 6.54 Å². The molecule has 27 heteroatoms. The van der Waals surface area contributed by atoms with E-state index >= 15 is 0 Å². The second kappa shape index (κ2) is 14.1. The Balaban J connectivity index is 0.000000266. The molecule has 4 aromatic heterocycles. The maximum Gasteiger partial charge on any atom is 0.488 e. The highest BCUT2D eigenvalue weighted by Crippen LogP contribution is 2.66. The summed E-state index contributed by atoms with van der Waals surface area (Å²) in [5, 5.41) is 20.5. The lowest BCUT2D eigenvalue weighted by Crippen LogP contribution is -2.33. The Kier molecular flexibility index (Phi) is 11.1. The minimum atomic E-state index is -5.49. The van der Waals surface area contributed by atoms with Crippen LogP contribution in [-0.4, -0.2) is 100 Å². The van der Waals surface area contributed by atoms with E-state index in [0.717, 1.165) is 12.9 Å². The molecule has 0 radical (unpaired) electrons. The number of anilines is 2. The summed E-state index contributed by atoms with van der Waals surface area (Å²) in [5.41, 5.74) is 13.1. The fraction of sp³-hybridized carbons (Fsp3) is 0.474. The first-order valence-electron chi connectivity index (χ1n) is 12.8. The van der Waals surface area contributed by atoms with Gasteiger partial charge in [-0.05, 0) is 25.7 Å². The van der Waals surface area contributed by atoms with Crippen molar-refractivity contribution in [2.45, 2.75) is 44.9 Å². The van der Waals surface area contributed by atoms with E-state index in [1.807, 2.05) is 18.4 Å². The summed E-state index contributed by atoms with van der Waals surface area (Å²) in [6, 6.07) is 0.544. The molecule has 10 N–H and O–H groups in total. The van der Waals surface area contributed by atoms with E-state index in [0.29, 0.717) is 29.6 Å². The van der Waals surface area contributed by atoms with Crippen molar-refractivity contribution < 1.29 is 61.5 Å². The Bertz CT molecular complexity index is 1840. The zero-order valence-corrected chi connectivity index (χ0v) is 27.2. The molecule has 5 heterocycles. The SMILES string of the molecule is CCOc1nc2c(N)ncnc2n1CC.Nc1ncnc2c1ncn2[C@@H]1O[C@H](COP(=O)(O)OP(=O)(O)OP(O)(O)=S)[C@@H](O)[C@H]1O. The maximum atomic E-state index is 11.9. The van der Waals surface area contributed by atoms with Crippen LogP contribution in [-0.2, 0) is 45.4 Å². The second-order valence-electron chi connectivity index (χ2n) is 9.02. The molecule has 0 bridgehead atoms. The number of nitrogens with zero attached hydrogens (tertiary/aromatic N) is 8. The van der Waals surface area contributed by atoms with Gasteiger partial charge < -0.3 is 50.7 Å². The number of imidazole rings is 2. The van der Waals surface area contributed by atoms with Crippen molar-refractivity contribution in [3.05, 3.63) is 19.0 Å². The molecule has 1 fully saturated rings. The van der Waals surface area contributed by atoms with Crippen LogP contribution < -0.4 is 16.2 Å². The first-order chi connectivity index (χ1) is 21.5. The molecule has 254 valence electrons. The first-order valence-corrected chi connectivity index (χ1v) is 18.4. The average Bonchev–Trinajstić information content (AvgIpc) is 3.61. The summed E-state index contributed by atoms with van der Waals surface area (Å²) in [7, 11) is -10.8. The number of fused-ring (bicyclic) bond motifs is 2. The van der Waals surface area contributed by atoms with Crippen molar-refractivity contribution in [1.82, 2.24) is 39.0 Å². The van der Waals surface area contributed by atoms with Crippen molar-refractivity contribution in [3.63, 3.8) is 0 Å². The van der Waals surface area contributed by atoms with Crippen LogP contribution in [0.3, 0.4) is 0 Å². The fourth-order valence-electron chi connectivity index (χ4n) is 4.08. The van der Waals surface area contributed by atoms with Crippen LogP contribution in [0.1, 0.15) is 20.1 Å². The highest BCUT2D eigenvalue weighted by molar-refractivity contribution is 8.08. The molecule has 1 saturated heterocycles. The fourth-order valence-corrected chi connectivity index (χ4v) is 7.87. The predicted octanol–water partition coefficient (Wildman–Crippen LogP) is -0.685. The van der Waals surface area contributed by atoms with Gasteiger partial charge in [-0.2, -0.15) is 9.29 Å². The number of rotatable bonds is 11. The minimum Gasteiger partial charge on any atom is -0.465 e. The van der Waals surface area contributed by atoms with Crippen LogP contribution in [0.4, 0.5) is 11.6 Å². The molecule has 1 aliphatic rings. The number of aryl methyl sites for hydroxylation is 1. The highest BCUT2D eigenvalue weighted by atomic mass is 32.5. The third-order valence-electron chi connectivity index (χ3n) is 5.93. The molecule has 5 rings (SSSR count). The lowest BCUT2D eigenvalue weighted by Gasteiger charge is -2.19. The Hall–Kier alpha value is -2.79. The van der Waals surface area contributed by atoms with E-state index in [4.69, 9.17) is 30.7 Å². The van der Waals surface area contributed by atoms with Crippen LogP contribution >= 0.6 is 22.4 Å². The highest BCUT2D eigenvalue weighted by Gasteiger charge is 2.46. The van der Waals surface area contributed by atoms with Gasteiger partial charge in [-0.15, -0.1) is 0 Å². The zero-order valence-electron chi connectivity index (χ0n) is 23.7. The topological polar surface area (TPSA) is 341 Å². The molecule has 0 saturated carbocycles. The molecule has 4 aromatic rings. The van der Waals surface area contributed by atoms with Gasteiger partial charge in [-0.3, -0.25) is 13.7 Å². The van der Waals surface area contributed by atoms with Gasteiger partial charge in [0.25, 0.3) is 6.01 Å². The zero-order chi connectivity index (χ0) is 34.0. The van der Waals surface area contributed by atoms with Gasteiger partial charge in [0.15, 0.2) is 34.7 Å². The summed E-state index contributed by atoms with van der Waals surface area (Å²) >= 11 is 3.97. The number of hydrogen-bond donors (Lipinski definition) is 8. The van der Waals surface area contributed by atoms with Crippen LogP contribution in [0, 0.1) is 0 Å². The number of nitrogens with two attached hydrogens (primary N) is 2. The molecule has 46 heavy (non-hydrogen) atoms. The van der Waals surface area contributed by atoms with Crippen LogP contribution in [0.25, 0.3) is 22.3 Å². The van der Waals surface area contributed by atoms with E-state index in [2.05, 4.69) is 54.9 Å². The van der Waals surface area contributed by atoms with Gasteiger partial charge in [-0.1, -0.05) is 0 Å². The van der Waals surface area contributed by atoms with Crippen molar-refractivity contribution in [2.24, 2.45) is 0 Å². The second-order valence-corrected chi connectivity index (χ2v) is 14.9. The van der Waals surface area contributed by atoms with Crippen LogP contribution in [0.5, 0.6) is 6.01 Å². The average molecular weight is 730 g/mol. The molecule has 0 aliphatic carbocycles. The number of hydrogen-bond acceptors (Lipinski definition) is 18. The van der Waals surface area contributed by atoms with Gasteiger partial charge in [0.2, 0.25) is 0 Å². The van der Waals surface area contributed by atoms with Crippen molar-refractivity contribution >= 4 is 68.1 Å². The molecular formula is C19H29N10O13P3S. The van der Waals surface area contributed by atoms with Gasteiger partial charge in [-0.25, -0.2) is 38.4 Å². The maximum absolute atomic E-state index is 11.9. The van der Waals surface area contributed by atoms with Crippen molar-refractivity contribution in [2.75, 3.05) is 24.7 Å². The molecule has 0 amide bonds. The Morgan fingerprint density at radius 3 is 2.15 bits per heavy atom. The van der Waals surface area contributed by atoms with Crippen LogP contribution in [0.2, 0.25) is 0 Å². The third kappa shape index (κ3) is 8.37. The predicted molar refractivity (Wildman–Crippen MR) is 159 cm³/mol. The largest absolute Gasteiger partial charge is 0.488 e. The Labute approximate surface area is 263 Å². The van der Waals surface area contributed by atoms with Gasteiger partial charge in [0.1, 0.15) is 36.5 Å². The number of aliphatic hydroxyl groups excluding tert-OH is 2. The normalized spacial score (nSPS) is 22.7. The number of aliphatic hydroxyl groups is 2. The molecule has 0 spiro atoms. The summed E-state index contributed by atoms with van der Waals surface area (Å²) in [4.78, 5) is 60.5. The first kappa shape index (κ1) is 36.1. The van der Waals surface area contributed by atoms with E-state index in [-0.39, 0.29) is 17.0 Å². The smallest absolute Gasteiger partial charge is 0.465 e. The molecule has 6 atom stereocenters.